The maximum atomic E-state index is 12.0. The molecule has 0 bridgehead atoms. The molecule has 6 nitrogen and oxygen atoms in total. The molecule has 0 saturated carbocycles. The summed E-state index contributed by atoms with van der Waals surface area (Å²) >= 11 is 3.17. The van der Waals surface area contributed by atoms with Crippen molar-refractivity contribution in [2.45, 2.75) is 0 Å². The number of carboxylic acid groups (broad SMARTS) is 1. The van der Waals surface area contributed by atoms with Crippen LogP contribution >= 0.6 is 15.9 Å². The highest BCUT2D eigenvalue weighted by Crippen LogP contribution is 2.27. The van der Waals surface area contributed by atoms with Crippen molar-refractivity contribution in [2.24, 2.45) is 0 Å². The quantitative estimate of drug-likeness (QED) is 0.799. The van der Waals surface area contributed by atoms with Crippen LogP contribution in [0.3, 0.4) is 0 Å². The number of hydrogen-bond acceptors (Lipinski definition) is 4. The number of anilines is 1. The molecule has 0 unspecified atom stereocenters. The first kappa shape index (κ1) is 14.0. The Morgan fingerprint density at radius 3 is 2.60 bits per heavy atom. The lowest BCUT2D eigenvalue weighted by Gasteiger charge is -2.10. The fourth-order valence-corrected chi connectivity index (χ4v) is 2.04. The Morgan fingerprint density at radius 1 is 1.20 bits per heavy atom. The number of halogens is 1. The van der Waals surface area contributed by atoms with Gasteiger partial charge in [-0.25, -0.2) is 9.78 Å². The van der Waals surface area contributed by atoms with Crippen molar-refractivity contribution in [2.75, 3.05) is 5.32 Å². The summed E-state index contributed by atoms with van der Waals surface area (Å²) in [5.74, 6) is -2.15. The molecule has 0 aliphatic carbocycles. The molecule has 2 aromatic rings. The summed E-state index contributed by atoms with van der Waals surface area (Å²) in [5.41, 5.74) is -0.141. The molecule has 0 saturated heterocycles. The summed E-state index contributed by atoms with van der Waals surface area (Å²) < 4.78 is 0.418. The number of hydrogen-bond donors (Lipinski definition) is 3. The van der Waals surface area contributed by atoms with E-state index in [1.807, 2.05) is 0 Å². The van der Waals surface area contributed by atoms with Gasteiger partial charge >= 0.3 is 5.97 Å². The molecule has 0 radical (unpaired) electrons. The van der Waals surface area contributed by atoms with E-state index in [4.69, 9.17) is 5.11 Å². The Morgan fingerprint density at radius 2 is 1.95 bits per heavy atom. The highest BCUT2D eigenvalue weighted by Gasteiger charge is 2.18. The topological polar surface area (TPSA) is 99.5 Å². The Kier molecular flexibility index (Phi) is 3.99. The molecule has 2 rings (SSSR count). The van der Waals surface area contributed by atoms with E-state index in [1.165, 1.54) is 24.4 Å². The van der Waals surface area contributed by atoms with Gasteiger partial charge in [0.15, 0.2) is 5.69 Å². The van der Waals surface area contributed by atoms with Crippen LogP contribution in [0.1, 0.15) is 20.8 Å². The molecule has 0 aliphatic rings. The fraction of sp³-hybridized carbons (Fsp3) is 0. The average Bonchev–Trinajstić information content (AvgIpc) is 2.41. The number of rotatable bonds is 3. The number of aromatic carboxylic acids is 1. The SMILES string of the molecule is O=C(O)c1cccc(Br)c1NC(=O)c1ncccc1O. The number of amides is 1. The minimum Gasteiger partial charge on any atom is -0.505 e. The Hall–Kier alpha value is -2.41. The van der Waals surface area contributed by atoms with E-state index in [9.17, 15) is 14.7 Å². The lowest BCUT2D eigenvalue weighted by Crippen LogP contribution is -2.16. The summed E-state index contributed by atoms with van der Waals surface area (Å²) in [6, 6.07) is 7.30. The van der Waals surface area contributed by atoms with Crippen LogP contribution < -0.4 is 5.32 Å². The Labute approximate surface area is 122 Å². The number of aromatic nitrogens is 1. The van der Waals surface area contributed by atoms with Gasteiger partial charge in [0, 0.05) is 10.7 Å². The maximum Gasteiger partial charge on any atom is 0.337 e. The molecule has 1 amide bonds. The van der Waals surface area contributed by atoms with Gasteiger partial charge in [-0.3, -0.25) is 4.79 Å². The van der Waals surface area contributed by atoms with Crippen LogP contribution in [0.15, 0.2) is 41.0 Å². The summed E-state index contributed by atoms with van der Waals surface area (Å²) in [5, 5.41) is 21.1. The van der Waals surface area contributed by atoms with Gasteiger partial charge in [0.2, 0.25) is 0 Å². The molecule has 0 spiro atoms. The van der Waals surface area contributed by atoms with E-state index in [0.29, 0.717) is 4.47 Å². The van der Waals surface area contributed by atoms with E-state index in [1.54, 1.807) is 12.1 Å². The maximum absolute atomic E-state index is 12.0. The van der Waals surface area contributed by atoms with Gasteiger partial charge in [-0.15, -0.1) is 0 Å². The van der Waals surface area contributed by atoms with Crippen LogP contribution in [0.5, 0.6) is 5.75 Å². The third-order valence-corrected chi connectivity index (χ3v) is 3.14. The van der Waals surface area contributed by atoms with Crippen LogP contribution in [0, 0.1) is 0 Å². The third-order valence-electron chi connectivity index (χ3n) is 2.48. The van der Waals surface area contributed by atoms with Gasteiger partial charge in [-0.05, 0) is 40.2 Å². The Bertz CT molecular complexity index is 688. The largest absolute Gasteiger partial charge is 0.505 e. The summed E-state index contributed by atoms with van der Waals surface area (Å²) in [7, 11) is 0. The molecule has 1 heterocycles. The average molecular weight is 337 g/mol. The zero-order valence-electron chi connectivity index (χ0n) is 10.0. The van der Waals surface area contributed by atoms with Crippen molar-refractivity contribution in [3.05, 3.63) is 52.3 Å². The number of carbonyl (C=O) groups is 2. The fourth-order valence-electron chi connectivity index (χ4n) is 1.57. The number of carboxylic acids is 1. The van der Waals surface area contributed by atoms with Gasteiger partial charge in [0.25, 0.3) is 5.91 Å². The van der Waals surface area contributed by atoms with Crippen molar-refractivity contribution in [1.82, 2.24) is 4.98 Å². The number of nitrogens with one attached hydrogen (secondary N) is 1. The van der Waals surface area contributed by atoms with Crippen molar-refractivity contribution >= 4 is 33.5 Å². The molecular formula is C13H9BrN2O4. The van der Waals surface area contributed by atoms with Crippen molar-refractivity contribution in [1.29, 1.82) is 0 Å². The van der Waals surface area contributed by atoms with Gasteiger partial charge in [0.05, 0.1) is 11.3 Å². The Balaban J connectivity index is 2.38. The minimum absolute atomic E-state index is 0.0665. The molecule has 1 aromatic heterocycles. The summed E-state index contributed by atoms with van der Waals surface area (Å²) in [6.45, 7) is 0. The van der Waals surface area contributed by atoms with Gasteiger partial charge in [-0.1, -0.05) is 6.07 Å². The second-order valence-corrected chi connectivity index (χ2v) is 4.65. The zero-order chi connectivity index (χ0) is 14.7. The molecule has 0 fully saturated rings. The van der Waals surface area contributed by atoms with Crippen LogP contribution in [-0.2, 0) is 0 Å². The van der Waals surface area contributed by atoms with E-state index in [0.717, 1.165) is 0 Å². The van der Waals surface area contributed by atoms with Gasteiger partial charge in [-0.2, -0.15) is 0 Å². The highest BCUT2D eigenvalue weighted by atomic mass is 79.9. The first-order valence-electron chi connectivity index (χ1n) is 5.48. The third kappa shape index (κ3) is 2.77. The van der Waals surface area contributed by atoms with Crippen molar-refractivity contribution in [3.8, 4) is 5.75 Å². The number of aromatic hydroxyl groups is 1. The molecular weight excluding hydrogens is 328 g/mol. The second-order valence-electron chi connectivity index (χ2n) is 3.79. The first-order valence-corrected chi connectivity index (χ1v) is 6.27. The highest BCUT2D eigenvalue weighted by molar-refractivity contribution is 9.10. The smallest absolute Gasteiger partial charge is 0.337 e. The van der Waals surface area contributed by atoms with Crippen LogP contribution in [-0.4, -0.2) is 27.1 Å². The number of para-hydroxylation sites is 1. The minimum atomic E-state index is -1.17. The lowest BCUT2D eigenvalue weighted by molar-refractivity contribution is 0.0698. The van der Waals surface area contributed by atoms with Crippen LogP contribution in [0.25, 0.3) is 0 Å². The molecule has 7 heteroatoms. The van der Waals surface area contributed by atoms with Crippen LogP contribution in [0.2, 0.25) is 0 Å². The second kappa shape index (κ2) is 5.70. The van der Waals surface area contributed by atoms with E-state index in [2.05, 4.69) is 26.2 Å². The van der Waals surface area contributed by atoms with Crippen molar-refractivity contribution < 1.29 is 19.8 Å². The van der Waals surface area contributed by atoms with Gasteiger partial charge in [0.1, 0.15) is 5.75 Å². The lowest BCUT2D eigenvalue weighted by atomic mass is 10.1. The molecule has 20 heavy (non-hydrogen) atoms. The molecule has 1 aromatic carbocycles. The number of benzene rings is 1. The predicted molar refractivity (Wildman–Crippen MR) is 75.0 cm³/mol. The van der Waals surface area contributed by atoms with Crippen molar-refractivity contribution in [3.63, 3.8) is 0 Å². The number of nitrogens with zero attached hydrogens (tertiary/aromatic N) is 1. The monoisotopic (exact) mass is 336 g/mol. The summed E-state index contributed by atoms with van der Waals surface area (Å²) in [6.07, 6.45) is 1.35. The van der Waals surface area contributed by atoms with E-state index < -0.39 is 11.9 Å². The zero-order valence-corrected chi connectivity index (χ0v) is 11.6. The molecule has 0 atom stereocenters. The first-order chi connectivity index (χ1) is 9.50. The normalized spacial score (nSPS) is 10.1. The standard InChI is InChI=1S/C13H9BrN2O4/c14-8-4-1-3-7(13(19)20)10(8)16-12(18)11-9(17)5-2-6-15-11/h1-6,17H,(H,16,18)(H,19,20). The number of pyridine rings is 1. The number of carbonyl (C=O) groups excluding carboxylic acids is 1. The molecule has 0 aliphatic heterocycles. The van der Waals surface area contributed by atoms with E-state index >= 15 is 0 Å². The van der Waals surface area contributed by atoms with Gasteiger partial charge < -0.3 is 15.5 Å². The van der Waals surface area contributed by atoms with Crippen LogP contribution in [0.4, 0.5) is 5.69 Å². The van der Waals surface area contributed by atoms with E-state index in [-0.39, 0.29) is 22.7 Å². The summed E-state index contributed by atoms with van der Waals surface area (Å²) in [4.78, 5) is 26.9. The molecule has 102 valence electrons. The molecule has 3 N–H and O–H groups in total. The predicted octanol–water partition coefficient (Wildman–Crippen LogP) is 2.50.